The Bertz CT molecular complexity index is 902. The number of amides is 2. The van der Waals surface area contributed by atoms with Gasteiger partial charge in [-0.05, 0) is 55.0 Å². The van der Waals surface area contributed by atoms with E-state index in [2.05, 4.69) is 5.48 Å². The molecule has 132 valence electrons. The van der Waals surface area contributed by atoms with Crippen molar-refractivity contribution in [3.63, 3.8) is 0 Å². The lowest BCUT2D eigenvalue weighted by atomic mass is 9.99. The van der Waals surface area contributed by atoms with Gasteiger partial charge in [-0.15, -0.1) is 0 Å². The molecule has 2 amide bonds. The van der Waals surface area contributed by atoms with E-state index in [1.807, 2.05) is 43.3 Å². The Labute approximate surface area is 151 Å². The van der Waals surface area contributed by atoms with Crippen LogP contribution in [0.15, 0.2) is 54.6 Å². The van der Waals surface area contributed by atoms with E-state index in [-0.39, 0.29) is 18.2 Å². The number of nitrogens with one attached hydrogen (secondary N) is 1. The molecule has 1 fully saturated rings. The number of anilines is 1. The number of ether oxygens (including phenoxy) is 1. The van der Waals surface area contributed by atoms with Crippen LogP contribution in [0.5, 0.6) is 5.75 Å². The summed E-state index contributed by atoms with van der Waals surface area (Å²) >= 11 is 0. The first-order valence-electron chi connectivity index (χ1n) is 8.28. The number of nitrogens with zero attached hydrogens (tertiary/aromatic N) is 1. The second-order valence-electron chi connectivity index (χ2n) is 6.43. The first kappa shape index (κ1) is 16.4. The molecular formula is C20H18N2O4. The lowest BCUT2D eigenvalue weighted by Gasteiger charge is -2.18. The Hall–Kier alpha value is -3.12. The van der Waals surface area contributed by atoms with Gasteiger partial charge >= 0.3 is 0 Å². The number of hydroxylamine groups is 1. The Morgan fingerprint density at radius 1 is 1.08 bits per heavy atom. The SMILES string of the molecule is COc1ccc(C2=C[C@]3(CC(=O)N(c4ccc(C)cc4)C3=O)ON2)cc1. The fourth-order valence-electron chi connectivity index (χ4n) is 3.18. The molecule has 1 atom stereocenters. The highest BCUT2D eigenvalue weighted by molar-refractivity contribution is 6.25. The molecule has 4 rings (SSSR count). The lowest BCUT2D eigenvalue weighted by Crippen LogP contribution is -2.40. The molecule has 0 aliphatic carbocycles. The fourth-order valence-corrected chi connectivity index (χ4v) is 3.18. The second-order valence-corrected chi connectivity index (χ2v) is 6.43. The summed E-state index contributed by atoms with van der Waals surface area (Å²) in [4.78, 5) is 32.3. The molecule has 0 saturated carbocycles. The number of hydrogen-bond donors (Lipinski definition) is 1. The summed E-state index contributed by atoms with van der Waals surface area (Å²) in [5.41, 5.74) is 4.60. The normalized spacial score (nSPS) is 21.9. The molecule has 6 nitrogen and oxygen atoms in total. The minimum Gasteiger partial charge on any atom is -0.497 e. The van der Waals surface area contributed by atoms with Gasteiger partial charge in [0.25, 0.3) is 5.91 Å². The average Bonchev–Trinajstić information content (AvgIpc) is 3.18. The van der Waals surface area contributed by atoms with Crippen LogP contribution in [-0.4, -0.2) is 24.5 Å². The molecule has 0 radical (unpaired) electrons. The minimum absolute atomic E-state index is 0.0354. The maximum atomic E-state index is 13.0. The number of hydrogen-bond acceptors (Lipinski definition) is 5. The summed E-state index contributed by atoms with van der Waals surface area (Å²) in [6, 6.07) is 14.6. The van der Waals surface area contributed by atoms with Gasteiger partial charge < -0.3 is 4.74 Å². The molecular weight excluding hydrogens is 332 g/mol. The van der Waals surface area contributed by atoms with E-state index in [0.29, 0.717) is 11.4 Å². The Kier molecular flexibility index (Phi) is 3.77. The summed E-state index contributed by atoms with van der Waals surface area (Å²) in [6.07, 6.45) is 1.65. The largest absolute Gasteiger partial charge is 0.497 e. The van der Waals surface area contributed by atoms with Crippen LogP contribution in [0, 0.1) is 6.92 Å². The summed E-state index contributed by atoms with van der Waals surface area (Å²) in [6.45, 7) is 1.95. The van der Waals surface area contributed by atoms with E-state index in [1.54, 1.807) is 25.3 Å². The predicted molar refractivity (Wildman–Crippen MR) is 96.2 cm³/mol. The van der Waals surface area contributed by atoms with E-state index in [9.17, 15) is 9.59 Å². The zero-order valence-electron chi connectivity index (χ0n) is 14.5. The number of rotatable bonds is 3. The highest BCUT2D eigenvalue weighted by Crippen LogP contribution is 2.38. The Morgan fingerprint density at radius 3 is 2.42 bits per heavy atom. The average molecular weight is 350 g/mol. The van der Waals surface area contributed by atoms with Gasteiger partial charge in [0.15, 0.2) is 0 Å². The van der Waals surface area contributed by atoms with Crippen LogP contribution in [0.4, 0.5) is 5.69 Å². The maximum absolute atomic E-state index is 13.0. The third-order valence-electron chi connectivity index (χ3n) is 4.64. The molecule has 1 spiro atoms. The Balaban J connectivity index is 1.65. The Morgan fingerprint density at radius 2 is 1.77 bits per heavy atom. The van der Waals surface area contributed by atoms with Crippen molar-refractivity contribution < 1.29 is 19.2 Å². The third-order valence-corrected chi connectivity index (χ3v) is 4.64. The van der Waals surface area contributed by atoms with Crippen LogP contribution in [-0.2, 0) is 14.4 Å². The van der Waals surface area contributed by atoms with Gasteiger partial charge in [-0.2, -0.15) is 0 Å². The standard InChI is InChI=1S/C20H18N2O4/c1-13-3-7-15(8-4-13)22-18(23)12-20(19(22)24)11-17(21-26-20)14-5-9-16(25-2)10-6-14/h3-11,21H,12H2,1-2H3/t20-/m1/s1. The quantitative estimate of drug-likeness (QED) is 0.862. The molecule has 6 heteroatoms. The molecule has 2 aromatic carbocycles. The zero-order chi connectivity index (χ0) is 18.3. The lowest BCUT2D eigenvalue weighted by molar-refractivity contribution is -0.136. The van der Waals surface area contributed by atoms with Crippen LogP contribution < -0.4 is 15.1 Å². The van der Waals surface area contributed by atoms with Crippen molar-refractivity contribution in [2.75, 3.05) is 12.0 Å². The summed E-state index contributed by atoms with van der Waals surface area (Å²) in [5, 5.41) is 0. The number of methoxy groups -OCH3 is 1. The van der Waals surface area contributed by atoms with E-state index < -0.39 is 5.60 Å². The molecule has 1 N–H and O–H groups in total. The molecule has 1 saturated heterocycles. The minimum atomic E-state index is -1.31. The molecule has 2 aliphatic rings. The third kappa shape index (κ3) is 2.55. The topological polar surface area (TPSA) is 67.9 Å². The number of aryl methyl sites for hydroxylation is 1. The van der Waals surface area contributed by atoms with Gasteiger partial charge in [-0.1, -0.05) is 17.7 Å². The highest BCUT2D eigenvalue weighted by Gasteiger charge is 2.55. The van der Waals surface area contributed by atoms with Gasteiger partial charge in [-0.25, -0.2) is 4.90 Å². The van der Waals surface area contributed by atoms with Crippen LogP contribution in [0.2, 0.25) is 0 Å². The number of carbonyl (C=O) groups is 2. The monoisotopic (exact) mass is 350 g/mol. The van der Waals surface area contributed by atoms with Crippen LogP contribution >= 0.6 is 0 Å². The van der Waals surface area contributed by atoms with Crippen molar-refractivity contribution in [1.29, 1.82) is 0 Å². The maximum Gasteiger partial charge on any atom is 0.273 e. The first-order chi connectivity index (χ1) is 12.5. The number of benzene rings is 2. The predicted octanol–water partition coefficient (Wildman–Crippen LogP) is 2.58. The molecule has 2 aromatic rings. The summed E-state index contributed by atoms with van der Waals surface area (Å²) < 4.78 is 5.15. The van der Waals surface area contributed by atoms with Crippen molar-refractivity contribution in [2.45, 2.75) is 18.9 Å². The van der Waals surface area contributed by atoms with E-state index in [1.165, 1.54) is 4.90 Å². The van der Waals surface area contributed by atoms with Crippen molar-refractivity contribution in [3.05, 3.63) is 65.7 Å². The van der Waals surface area contributed by atoms with Gasteiger partial charge in [0.1, 0.15) is 5.75 Å². The summed E-state index contributed by atoms with van der Waals surface area (Å²) in [7, 11) is 1.60. The van der Waals surface area contributed by atoms with Gasteiger partial charge in [-0.3, -0.25) is 19.9 Å². The van der Waals surface area contributed by atoms with Crippen LogP contribution in [0.3, 0.4) is 0 Å². The molecule has 2 aliphatic heterocycles. The highest BCUT2D eigenvalue weighted by atomic mass is 16.7. The number of carbonyl (C=O) groups excluding carboxylic acids is 2. The van der Waals surface area contributed by atoms with E-state index in [0.717, 1.165) is 16.9 Å². The van der Waals surface area contributed by atoms with Crippen molar-refractivity contribution in [1.82, 2.24) is 5.48 Å². The van der Waals surface area contributed by atoms with Crippen LogP contribution in [0.25, 0.3) is 5.70 Å². The first-order valence-corrected chi connectivity index (χ1v) is 8.28. The van der Waals surface area contributed by atoms with Crippen molar-refractivity contribution >= 4 is 23.2 Å². The van der Waals surface area contributed by atoms with Gasteiger partial charge in [0.2, 0.25) is 11.5 Å². The molecule has 26 heavy (non-hydrogen) atoms. The number of imide groups is 1. The van der Waals surface area contributed by atoms with Gasteiger partial charge in [0.05, 0.1) is 24.9 Å². The van der Waals surface area contributed by atoms with E-state index >= 15 is 0 Å². The molecule has 0 bridgehead atoms. The van der Waals surface area contributed by atoms with E-state index in [4.69, 9.17) is 9.57 Å². The summed E-state index contributed by atoms with van der Waals surface area (Å²) in [5.74, 6) is 0.0656. The smallest absolute Gasteiger partial charge is 0.273 e. The second kappa shape index (κ2) is 6.00. The molecule has 0 unspecified atom stereocenters. The fraction of sp³-hybridized carbons (Fsp3) is 0.200. The zero-order valence-corrected chi connectivity index (χ0v) is 14.5. The van der Waals surface area contributed by atoms with Crippen molar-refractivity contribution in [3.8, 4) is 5.75 Å². The molecule has 2 heterocycles. The van der Waals surface area contributed by atoms with Crippen LogP contribution in [0.1, 0.15) is 17.5 Å². The molecule has 0 aromatic heterocycles. The van der Waals surface area contributed by atoms with Gasteiger partial charge in [0, 0.05) is 0 Å². The van der Waals surface area contributed by atoms with Crippen molar-refractivity contribution in [2.24, 2.45) is 0 Å².